The first kappa shape index (κ1) is 17.9. The number of imide groups is 1. The summed E-state index contributed by atoms with van der Waals surface area (Å²) >= 11 is 4.03. The van der Waals surface area contributed by atoms with E-state index in [0.717, 1.165) is 28.1 Å². The Kier molecular flexibility index (Phi) is 4.85. The molecule has 1 fully saturated rings. The van der Waals surface area contributed by atoms with Crippen LogP contribution in [0.5, 0.6) is 0 Å². The second-order valence-corrected chi connectivity index (χ2v) is 7.93. The van der Waals surface area contributed by atoms with Gasteiger partial charge in [-0.2, -0.15) is 0 Å². The molecule has 1 aliphatic rings. The van der Waals surface area contributed by atoms with Gasteiger partial charge in [-0.15, -0.1) is 0 Å². The lowest BCUT2D eigenvalue weighted by Crippen LogP contribution is -2.27. The molecule has 6 heteroatoms. The molecule has 0 saturated carbocycles. The molecule has 1 aliphatic heterocycles. The van der Waals surface area contributed by atoms with Crippen LogP contribution in [0.2, 0.25) is 0 Å². The van der Waals surface area contributed by atoms with Crippen LogP contribution in [-0.4, -0.2) is 16.0 Å². The Morgan fingerprint density at radius 1 is 1.04 bits per heavy atom. The standard InChI is InChI=1S/C21H13BrFNO2S/c22-17-10-13(8-9-18(17)23)11-19-20(25)24(21(26)27-19)12-15-6-3-5-14-4-1-2-7-16(14)15/h1-11H,12H2/b19-11+. The van der Waals surface area contributed by atoms with E-state index in [2.05, 4.69) is 15.9 Å². The quantitative estimate of drug-likeness (QED) is 0.469. The van der Waals surface area contributed by atoms with E-state index in [0.29, 0.717) is 14.9 Å². The molecule has 0 N–H and O–H groups in total. The van der Waals surface area contributed by atoms with Gasteiger partial charge in [0.25, 0.3) is 11.1 Å². The lowest BCUT2D eigenvalue weighted by atomic mass is 10.0. The molecule has 0 radical (unpaired) electrons. The van der Waals surface area contributed by atoms with Crippen molar-refractivity contribution < 1.29 is 14.0 Å². The molecule has 3 aromatic rings. The molecule has 1 heterocycles. The third kappa shape index (κ3) is 3.55. The zero-order valence-electron chi connectivity index (χ0n) is 14.0. The second-order valence-electron chi connectivity index (χ2n) is 6.08. The van der Waals surface area contributed by atoms with Gasteiger partial charge in [-0.3, -0.25) is 14.5 Å². The average molecular weight is 442 g/mol. The van der Waals surface area contributed by atoms with Crippen LogP contribution in [0.3, 0.4) is 0 Å². The van der Waals surface area contributed by atoms with Crippen LogP contribution in [-0.2, 0) is 11.3 Å². The fourth-order valence-corrected chi connectivity index (χ4v) is 4.23. The van der Waals surface area contributed by atoms with Crippen LogP contribution in [0.4, 0.5) is 9.18 Å². The van der Waals surface area contributed by atoms with Crippen molar-refractivity contribution in [1.82, 2.24) is 4.90 Å². The predicted molar refractivity (Wildman–Crippen MR) is 110 cm³/mol. The molecule has 0 spiro atoms. The fraction of sp³-hybridized carbons (Fsp3) is 0.0476. The third-order valence-corrected chi connectivity index (χ3v) is 5.84. The number of rotatable bonds is 3. The Morgan fingerprint density at radius 2 is 1.81 bits per heavy atom. The van der Waals surface area contributed by atoms with Crippen LogP contribution < -0.4 is 0 Å². The second kappa shape index (κ2) is 7.29. The lowest BCUT2D eigenvalue weighted by molar-refractivity contribution is -0.123. The van der Waals surface area contributed by atoms with Crippen molar-refractivity contribution >= 4 is 55.7 Å². The number of amides is 2. The Morgan fingerprint density at radius 3 is 2.63 bits per heavy atom. The molecule has 0 unspecified atom stereocenters. The normalized spacial score (nSPS) is 15.9. The van der Waals surface area contributed by atoms with Gasteiger partial charge in [-0.25, -0.2) is 4.39 Å². The molecule has 0 bridgehead atoms. The first-order valence-electron chi connectivity index (χ1n) is 8.20. The van der Waals surface area contributed by atoms with Crippen LogP contribution in [0.25, 0.3) is 16.8 Å². The van der Waals surface area contributed by atoms with Gasteiger partial charge in [0, 0.05) is 0 Å². The van der Waals surface area contributed by atoms with E-state index >= 15 is 0 Å². The number of carbonyl (C=O) groups excluding carboxylic acids is 2. The highest BCUT2D eigenvalue weighted by atomic mass is 79.9. The van der Waals surface area contributed by atoms with Crippen LogP contribution in [0.15, 0.2) is 70.0 Å². The van der Waals surface area contributed by atoms with Gasteiger partial charge < -0.3 is 0 Å². The number of fused-ring (bicyclic) bond motifs is 1. The summed E-state index contributed by atoms with van der Waals surface area (Å²) < 4.78 is 13.7. The van der Waals surface area contributed by atoms with Gasteiger partial charge in [-0.05, 0) is 67.8 Å². The van der Waals surface area contributed by atoms with E-state index in [1.165, 1.54) is 11.0 Å². The first-order valence-corrected chi connectivity index (χ1v) is 9.81. The highest BCUT2D eigenvalue weighted by Crippen LogP contribution is 2.34. The van der Waals surface area contributed by atoms with Crippen LogP contribution >= 0.6 is 27.7 Å². The number of halogens is 2. The molecule has 3 aromatic carbocycles. The summed E-state index contributed by atoms with van der Waals surface area (Å²) in [6.07, 6.45) is 1.61. The summed E-state index contributed by atoms with van der Waals surface area (Å²) in [6, 6.07) is 18.2. The van der Waals surface area contributed by atoms with Crippen molar-refractivity contribution in [3.63, 3.8) is 0 Å². The van der Waals surface area contributed by atoms with Gasteiger partial charge in [0.1, 0.15) is 5.82 Å². The van der Waals surface area contributed by atoms with Crippen molar-refractivity contribution in [3.05, 3.63) is 87.0 Å². The van der Waals surface area contributed by atoms with Crippen LogP contribution in [0.1, 0.15) is 11.1 Å². The number of thioether (sulfide) groups is 1. The van der Waals surface area contributed by atoms with Crippen molar-refractivity contribution in [2.45, 2.75) is 6.54 Å². The van der Waals surface area contributed by atoms with E-state index in [9.17, 15) is 14.0 Å². The minimum Gasteiger partial charge on any atom is -0.268 e. The zero-order valence-corrected chi connectivity index (χ0v) is 16.4. The zero-order chi connectivity index (χ0) is 19.0. The summed E-state index contributed by atoms with van der Waals surface area (Å²) in [5.74, 6) is -0.713. The topological polar surface area (TPSA) is 37.4 Å². The summed E-state index contributed by atoms with van der Waals surface area (Å²) in [4.78, 5) is 26.7. The Labute approximate surface area is 168 Å². The molecular formula is C21H13BrFNO2S. The Bertz CT molecular complexity index is 1110. The van der Waals surface area contributed by atoms with E-state index in [4.69, 9.17) is 0 Å². The molecule has 3 nitrogen and oxygen atoms in total. The molecule has 1 saturated heterocycles. The third-order valence-electron chi connectivity index (χ3n) is 4.32. The lowest BCUT2D eigenvalue weighted by Gasteiger charge is -2.14. The Hall–Kier alpha value is -2.44. The maximum absolute atomic E-state index is 13.4. The van der Waals surface area contributed by atoms with Crippen molar-refractivity contribution in [2.75, 3.05) is 0 Å². The molecule has 0 atom stereocenters. The molecule has 0 aromatic heterocycles. The number of hydrogen-bond donors (Lipinski definition) is 0. The predicted octanol–water partition coefficient (Wildman–Crippen LogP) is 5.98. The SMILES string of the molecule is O=C1S/C(=C/c2ccc(F)c(Br)c2)C(=O)N1Cc1cccc2ccccc12. The number of hydrogen-bond acceptors (Lipinski definition) is 3. The first-order chi connectivity index (χ1) is 13.0. The van der Waals surface area contributed by atoms with Crippen molar-refractivity contribution in [2.24, 2.45) is 0 Å². The average Bonchev–Trinajstić information content (AvgIpc) is 2.92. The maximum Gasteiger partial charge on any atom is 0.293 e. The molecule has 4 rings (SSSR count). The van der Waals surface area contributed by atoms with E-state index in [-0.39, 0.29) is 23.5 Å². The summed E-state index contributed by atoms with van der Waals surface area (Å²) in [6.45, 7) is 0.219. The number of benzene rings is 3. The monoisotopic (exact) mass is 441 g/mol. The molecule has 2 amide bonds. The van der Waals surface area contributed by atoms with E-state index in [1.807, 2.05) is 42.5 Å². The summed E-state index contributed by atoms with van der Waals surface area (Å²) in [5, 5.41) is 1.78. The highest BCUT2D eigenvalue weighted by molar-refractivity contribution is 9.10. The van der Waals surface area contributed by atoms with Gasteiger partial charge in [0.15, 0.2) is 0 Å². The van der Waals surface area contributed by atoms with Gasteiger partial charge in [0.2, 0.25) is 0 Å². The van der Waals surface area contributed by atoms with E-state index in [1.54, 1.807) is 18.2 Å². The van der Waals surface area contributed by atoms with Crippen molar-refractivity contribution in [1.29, 1.82) is 0 Å². The molecule has 27 heavy (non-hydrogen) atoms. The van der Waals surface area contributed by atoms with Crippen molar-refractivity contribution in [3.8, 4) is 0 Å². The molecule has 0 aliphatic carbocycles. The maximum atomic E-state index is 13.4. The number of carbonyl (C=O) groups is 2. The summed E-state index contributed by atoms with van der Waals surface area (Å²) in [5.41, 5.74) is 1.57. The van der Waals surface area contributed by atoms with Gasteiger partial charge >= 0.3 is 0 Å². The number of nitrogens with zero attached hydrogens (tertiary/aromatic N) is 1. The van der Waals surface area contributed by atoms with E-state index < -0.39 is 0 Å². The van der Waals surface area contributed by atoms with Gasteiger partial charge in [0.05, 0.1) is 15.9 Å². The molecule has 134 valence electrons. The van der Waals surface area contributed by atoms with Crippen LogP contribution in [0, 0.1) is 5.82 Å². The summed E-state index contributed by atoms with van der Waals surface area (Å²) in [7, 11) is 0. The Balaban J connectivity index is 1.63. The highest BCUT2D eigenvalue weighted by Gasteiger charge is 2.35. The minimum absolute atomic E-state index is 0.219. The molecular weight excluding hydrogens is 429 g/mol. The minimum atomic E-state index is -0.379. The smallest absolute Gasteiger partial charge is 0.268 e. The van der Waals surface area contributed by atoms with Gasteiger partial charge in [-0.1, -0.05) is 48.5 Å². The fourth-order valence-electron chi connectivity index (χ4n) is 2.99. The largest absolute Gasteiger partial charge is 0.293 e.